The van der Waals surface area contributed by atoms with E-state index in [-0.39, 0.29) is 7.86 Å². The fourth-order valence-corrected chi connectivity index (χ4v) is 11.9. The normalized spacial score (nSPS) is 40.1. The van der Waals surface area contributed by atoms with E-state index < -0.39 is 0 Å². The third-order valence-electron chi connectivity index (χ3n) is 1.90. The first-order valence-corrected chi connectivity index (χ1v) is 9.65. The molecule has 2 aliphatic heterocycles. The van der Waals surface area contributed by atoms with Crippen molar-refractivity contribution in [2.75, 3.05) is 17.4 Å². The van der Waals surface area contributed by atoms with Crippen LogP contribution < -0.4 is 0 Å². The predicted molar refractivity (Wildman–Crippen MR) is 79.4 cm³/mol. The van der Waals surface area contributed by atoms with E-state index in [1.807, 2.05) is 47.0 Å². The highest BCUT2D eigenvalue weighted by Crippen LogP contribution is 2.68. The van der Waals surface area contributed by atoms with E-state index in [1.165, 1.54) is 11.8 Å². The van der Waals surface area contributed by atoms with Crippen LogP contribution in [-0.4, -0.2) is 35.1 Å². The standard InChI is InChI=1S/C8H11ClOS5/c1-5(10)13-7-4-12-8(15-7)11-3-6(2-9)14-8/h6-7H,2-4H2,1H3/t6-,7+,8+/m0/s1. The summed E-state index contributed by atoms with van der Waals surface area (Å²) in [5.74, 6) is 2.96. The summed E-state index contributed by atoms with van der Waals surface area (Å²) in [6.07, 6.45) is 0. The van der Waals surface area contributed by atoms with E-state index >= 15 is 0 Å². The Kier molecular flexibility index (Phi) is 4.88. The number of halogens is 1. The van der Waals surface area contributed by atoms with Gasteiger partial charge in [-0.3, -0.25) is 4.79 Å². The Bertz CT molecular complexity index is 263. The van der Waals surface area contributed by atoms with Crippen molar-refractivity contribution >= 4 is 75.5 Å². The Morgan fingerprint density at radius 1 is 1.47 bits per heavy atom. The molecule has 0 aliphatic carbocycles. The lowest BCUT2D eigenvalue weighted by Crippen LogP contribution is -2.05. The van der Waals surface area contributed by atoms with Gasteiger partial charge in [-0.25, -0.2) is 0 Å². The summed E-state index contributed by atoms with van der Waals surface area (Å²) < 4.78 is 0.661. The monoisotopic (exact) mass is 318 g/mol. The number of rotatable bonds is 2. The summed E-state index contributed by atoms with van der Waals surface area (Å²) >= 11 is 15.3. The molecule has 0 aromatic carbocycles. The number of thioether (sulfide) groups is 5. The van der Waals surface area contributed by atoms with Crippen LogP contribution in [0.25, 0.3) is 0 Å². The molecule has 1 spiro atoms. The van der Waals surface area contributed by atoms with Crippen LogP contribution in [0.2, 0.25) is 0 Å². The third-order valence-corrected chi connectivity index (χ3v) is 11.7. The Balaban J connectivity index is 1.89. The fourth-order valence-electron chi connectivity index (χ4n) is 1.32. The summed E-state index contributed by atoms with van der Waals surface area (Å²) in [4.78, 5) is 11.0. The minimum absolute atomic E-state index is 0.229. The zero-order chi connectivity index (χ0) is 10.9. The largest absolute Gasteiger partial charge is 0.288 e. The van der Waals surface area contributed by atoms with Crippen LogP contribution in [0, 0.1) is 0 Å². The highest BCUT2D eigenvalue weighted by atomic mass is 35.5. The van der Waals surface area contributed by atoms with Gasteiger partial charge in [0.05, 0.1) is 4.58 Å². The van der Waals surface area contributed by atoms with Crippen molar-refractivity contribution in [3.63, 3.8) is 0 Å². The maximum atomic E-state index is 11.0. The lowest BCUT2D eigenvalue weighted by Gasteiger charge is -2.19. The van der Waals surface area contributed by atoms with Crippen molar-refractivity contribution in [3.05, 3.63) is 0 Å². The highest BCUT2D eigenvalue weighted by molar-refractivity contribution is 8.53. The average Bonchev–Trinajstić information content (AvgIpc) is 2.74. The molecule has 0 amide bonds. The summed E-state index contributed by atoms with van der Waals surface area (Å²) in [5.41, 5.74) is 0. The minimum Gasteiger partial charge on any atom is -0.288 e. The molecule has 1 nitrogen and oxygen atoms in total. The van der Waals surface area contributed by atoms with Crippen molar-refractivity contribution in [2.45, 2.75) is 19.5 Å². The van der Waals surface area contributed by atoms with Gasteiger partial charge in [-0.15, -0.1) is 58.6 Å². The van der Waals surface area contributed by atoms with Gasteiger partial charge in [0.2, 0.25) is 0 Å². The van der Waals surface area contributed by atoms with Gasteiger partial charge < -0.3 is 0 Å². The molecule has 7 heteroatoms. The second kappa shape index (κ2) is 5.57. The van der Waals surface area contributed by atoms with Gasteiger partial charge in [-0.1, -0.05) is 11.8 Å². The molecule has 0 N–H and O–H groups in total. The molecular weight excluding hydrogens is 308 g/mol. The van der Waals surface area contributed by atoms with E-state index in [9.17, 15) is 4.79 Å². The van der Waals surface area contributed by atoms with Gasteiger partial charge in [0.1, 0.15) is 0 Å². The number of alkyl halides is 1. The van der Waals surface area contributed by atoms with E-state index in [0.29, 0.717) is 9.83 Å². The van der Waals surface area contributed by atoms with Crippen LogP contribution in [0.1, 0.15) is 6.92 Å². The molecule has 2 heterocycles. The smallest absolute Gasteiger partial charge is 0.186 e. The maximum Gasteiger partial charge on any atom is 0.186 e. The Labute approximate surface area is 116 Å². The number of hydrogen-bond donors (Lipinski definition) is 0. The van der Waals surface area contributed by atoms with Gasteiger partial charge in [0.25, 0.3) is 0 Å². The van der Waals surface area contributed by atoms with Crippen LogP contribution in [0.5, 0.6) is 0 Å². The van der Waals surface area contributed by atoms with Crippen molar-refractivity contribution in [2.24, 2.45) is 0 Å². The quantitative estimate of drug-likeness (QED) is 0.716. The van der Waals surface area contributed by atoms with Crippen LogP contribution >= 0.6 is 70.4 Å². The molecule has 15 heavy (non-hydrogen) atoms. The fraction of sp³-hybridized carbons (Fsp3) is 0.875. The van der Waals surface area contributed by atoms with Crippen molar-refractivity contribution in [3.8, 4) is 0 Å². The summed E-state index contributed by atoms with van der Waals surface area (Å²) in [5, 5.41) is 0.810. The van der Waals surface area contributed by atoms with Crippen LogP contribution in [0.3, 0.4) is 0 Å². The second-order valence-corrected chi connectivity index (χ2v) is 12.1. The highest BCUT2D eigenvalue weighted by Gasteiger charge is 2.48. The molecule has 2 rings (SSSR count). The second-order valence-electron chi connectivity index (χ2n) is 3.17. The molecule has 0 saturated carbocycles. The summed E-state index contributed by atoms with van der Waals surface area (Å²) in [7, 11) is 0. The van der Waals surface area contributed by atoms with Crippen LogP contribution in [0.4, 0.5) is 0 Å². The molecule has 0 bridgehead atoms. The Morgan fingerprint density at radius 3 is 2.80 bits per heavy atom. The average molecular weight is 319 g/mol. The van der Waals surface area contributed by atoms with Gasteiger partial charge in [0, 0.05) is 29.6 Å². The molecule has 2 saturated heterocycles. The molecule has 0 radical (unpaired) electrons. The van der Waals surface area contributed by atoms with Crippen molar-refractivity contribution in [1.29, 1.82) is 0 Å². The van der Waals surface area contributed by atoms with Gasteiger partial charge in [-0.05, 0) is 0 Å². The molecular formula is C8H11ClOS5. The molecule has 86 valence electrons. The number of hydrogen-bond acceptors (Lipinski definition) is 6. The van der Waals surface area contributed by atoms with Crippen molar-refractivity contribution < 1.29 is 4.79 Å². The molecule has 2 fully saturated rings. The van der Waals surface area contributed by atoms with E-state index in [0.717, 1.165) is 17.4 Å². The molecule has 3 atom stereocenters. The number of carbonyl (C=O) groups is 1. The molecule has 0 unspecified atom stereocenters. The Morgan fingerprint density at radius 2 is 2.20 bits per heavy atom. The summed E-state index contributed by atoms with van der Waals surface area (Å²) in [6, 6.07) is 0. The molecule has 0 aromatic rings. The van der Waals surface area contributed by atoms with E-state index in [2.05, 4.69) is 0 Å². The van der Waals surface area contributed by atoms with Crippen molar-refractivity contribution in [1.82, 2.24) is 0 Å². The zero-order valence-electron chi connectivity index (χ0n) is 8.10. The molecule has 2 aliphatic rings. The summed E-state index contributed by atoms with van der Waals surface area (Å²) in [6.45, 7) is 1.65. The Hall–Kier alpha value is 1.71. The topological polar surface area (TPSA) is 17.1 Å². The zero-order valence-corrected chi connectivity index (χ0v) is 12.9. The number of carbonyl (C=O) groups excluding carboxylic acids is 1. The first-order valence-electron chi connectivity index (χ1n) is 4.50. The SMILES string of the molecule is CC(=O)S[C@H]1CS[C@@]2(SC[C@H](CCl)S2)S1. The lowest BCUT2D eigenvalue weighted by molar-refractivity contribution is -0.109. The first-order chi connectivity index (χ1) is 7.13. The first kappa shape index (κ1) is 13.1. The third kappa shape index (κ3) is 3.35. The van der Waals surface area contributed by atoms with E-state index in [4.69, 9.17) is 11.6 Å². The lowest BCUT2D eigenvalue weighted by atomic mass is 10.6. The molecule has 0 aromatic heterocycles. The van der Waals surface area contributed by atoms with Crippen LogP contribution in [0.15, 0.2) is 0 Å². The minimum atomic E-state index is 0.229. The maximum absolute atomic E-state index is 11.0. The van der Waals surface area contributed by atoms with Gasteiger partial charge >= 0.3 is 0 Å². The van der Waals surface area contributed by atoms with Crippen LogP contribution in [-0.2, 0) is 4.79 Å². The predicted octanol–water partition coefficient (Wildman–Crippen LogP) is 3.77. The van der Waals surface area contributed by atoms with E-state index in [1.54, 1.807) is 6.92 Å². The van der Waals surface area contributed by atoms with Gasteiger partial charge in [-0.2, -0.15) is 0 Å². The van der Waals surface area contributed by atoms with Gasteiger partial charge in [0.15, 0.2) is 7.86 Å².